The molecule has 1 N–H and O–H groups in total. The van der Waals surface area contributed by atoms with E-state index in [4.69, 9.17) is 4.74 Å². The van der Waals surface area contributed by atoms with Crippen molar-refractivity contribution in [2.75, 3.05) is 6.61 Å². The van der Waals surface area contributed by atoms with E-state index in [-0.39, 0.29) is 11.6 Å². The van der Waals surface area contributed by atoms with E-state index in [1.54, 1.807) is 0 Å². The SMILES string of the molecule is Cc1nc(C2COc3ccccc32)[nH]c(=O)c1F. The molecular weight excluding hydrogens is 235 g/mol. The summed E-state index contributed by atoms with van der Waals surface area (Å²) in [6, 6.07) is 7.57. The van der Waals surface area contributed by atoms with E-state index in [1.807, 2.05) is 24.3 Å². The number of aromatic amines is 1. The third kappa shape index (κ3) is 1.59. The first kappa shape index (κ1) is 11.0. The number of rotatable bonds is 1. The lowest BCUT2D eigenvalue weighted by Gasteiger charge is -2.08. The van der Waals surface area contributed by atoms with Crippen LogP contribution in [-0.2, 0) is 0 Å². The monoisotopic (exact) mass is 246 g/mol. The summed E-state index contributed by atoms with van der Waals surface area (Å²) in [5, 5.41) is 0. The largest absolute Gasteiger partial charge is 0.492 e. The van der Waals surface area contributed by atoms with Crippen LogP contribution in [0.5, 0.6) is 5.75 Å². The van der Waals surface area contributed by atoms with Gasteiger partial charge in [0.2, 0.25) is 5.82 Å². The van der Waals surface area contributed by atoms with E-state index < -0.39 is 11.4 Å². The molecular formula is C13H11FN2O2. The zero-order chi connectivity index (χ0) is 12.7. The molecule has 1 atom stereocenters. The van der Waals surface area contributed by atoms with Crippen molar-refractivity contribution in [3.05, 3.63) is 57.5 Å². The number of para-hydroxylation sites is 1. The van der Waals surface area contributed by atoms with Gasteiger partial charge in [0.1, 0.15) is 18.2 Å². The van der Waals surface area contributed by atoms with Gasteiger partial charge in [0, 0.05) is 5.56 Å². The number of H-pyrrole nitrogens is 1. The Morgan fingerprint density at radius 1 is 1.44 bits per heavy atom. The summed E-state index contributed by atoms with van der Waals surface area (Å²) in [5.41, 5.74) is 0.340. The molecule has 0 saturated carbocycles. The first-order valence-corrected chi connectivity index (χ1v) is 5.65. The van der Waals surface area contributed by atoms with Crippen LogP contribution in [0.2, 0.25) is 0 Å². The predicted molar refractivity (Wildman–Crippen MR) is 63.3 cm³/mol. The van der Waals surface area contributed by atoms with Crippen molar-refractivity contribution in [1.29, 1.82) is 0 Å². The van der Waals surface area contributed by atoms with Gasteiger partial charge >= 0.3 is 0 Å². The quantitative estimate of drug-likeness (QED) is 0.833. The lowest BCUT2D eigenvalue weighted by molar-refractivity contribution is 0.339. The minimum Gasteiger partial charge on any atom is -0.492 e. The predicted octanol–water partition coefficient (Wildman–Crippen LogP) is 1.74. The molecule has 4 nitrogen and oxygen atoms in total. The van der Waals surface area contributed by atoms with Gasteiger partial charge in [-0.2, -0.15) is 4.39 Å². The minimum atomic E-state index is -0.828. The second kappa shape index (κ2) is 3.94. The zero-order valence-corrected chi connectivity index (χ0v) is 9.74. The summed E-state index contributed by atoms with van der Waals surface area (Å²) in [5.74, 6) is 0.259. The van der Waals surface area contributed by atoms with Crippen molar-refractivity contribution in [2.45, 2.75) is 12.8 Å². The van der Waals surface area contributed by atoms with E-state index in [2.05, 4.69) is 9.97 Å². The highest BCUT2D eigenvalue weighted by molar-refractivity contribution is 5.42. The molecule has 0 aliphatic carbocycles. The van der Waals surface area contributed by atoms with Crippen LogP contribution in [-0.4, -0.2) is 16.6 Å². The van der Waals surface area contributed by atoms with Crippen LogP contribution in [0.4, 0.5) is 4.39 Å². The van der Waals surface area contributed by atoms with Crippen molar-refractivity contribution in [1.82, 2.24) is 9.97 Å². The van der Waals surface area contributed by atoms with Crippen LogP contribution in [0, 0.1) is 12.7 Å². The Bertz CT molecular complexity index is 666. The van der Waals surface area contributed by atoms with E-state index in [0.717, 1.165) is 11.3 Å². The maximum absolute atomic E-state index is 13.3. The Hall–Kier alpha value is -2.17. The molecule has 0 bridgehead atoms. The molecule has 92 valence electrons. The first-order valence-electron chi connectivity index (χ1n) is 5.65. The lowest BCUT2D eigenvalue weighted by Crippen LogP contribution is -2.20. The number of nitrogens with zero attached hydrogens (tertiary/aromatic N) is 1. The van der Waals surface area contributed by atoms with Gasteiger partial charge < -0.3 is 9.72 Å². The summed E-state index contributed by atoms with van der Waals surface area (Å²) in [4.78, 5) is 18.0. The van der Waals surface area contributed by atoms with Crippen LogP contribution < -0.4 is 10.3 Å². The Kier molecular flexibility index (Phi) is 2.40. The van der Waals surface area contributed by atoms with Crippen LogP contribution in [0.25, 0.3) is 0 Å². The number of nitrogens with one attached hydrogen (secondary N) is 1. The van der Waals surface area contributed by atoms with Crippen LogP contribution in [0.3, 0.4) is 0 Å². The van der Waals surface area contributed by atoms with Gasteiger partial charge in [0.25, 0.3) is 5.56 Å². The molecule has 1 aliphatic rings. The number of halogens is 1. The molecule has 1 aromatic heterocycles. The van der Waals surface area contributed by atoms with Crippen molar-refractivity contribution in [2.24, 2.45) is 0 Å². The number of ether oxygens (including phenoxy) is 1. The lowest BCUT2D eigenvalue weighted by atomic mass is 10.0. The van der Waals surface area contributed by atoms with E-state index in [0.29, 0.717) is 12.4 Å². The molecule has 1 unspecified atom stereocenters. The third-order valence-corrected chi connectivity index (χ3v) is 3.08. The minimum absolute atomic E-state index is 0.109. The number of benzene rings is 1. The van der Waals surface area contributed by atoms with Gasteiger partial charge in [-0.3, -0.25) is 4.79 Å². The normalized spacial score (nSPS) is 17.3. The van der Waals surface area contributed by atoms with Crippen molar-refractivity contribution < 1.29 is 9.13 Å². The van der Waals surface area contributed by atoms with E-state index >= 15 is 0 Å². The average molecular weight is 246 g/mol. The second-order valence-corrected chi connectivity index (χ2v) is 4.25. The molecule has 0 saturated heterocycles. The molecule has 5 heteroatoms. The number of hydrogen-bond acceptors (Lipinski definition) is 3. The number of hydrogen-bond donors (Lipinski definition) is 1. The molecule has 1 aromatic carbocycles. The van der Waals surface area contributed by atoms with Gasteiger partial charge in [0.15, 0.2) is 0 Å². The van der Waals surface area contributed by atoms with E-state index in [1.165, 1.54) is 6.92 Å². The summed E-state index contributed by atoms with van der Waals surface area (Å²) in [7, 11) is 0. The standard InChI is InChI=1S/C13H11FN2O2/c1-7-11(14)13(17)16-12(15-7)9-6-18-10-5-3-2-4-8(9)10/h2-5,9H,6H2,1H3,(H,15,16,17). The Balaban J connectivity index is 2.11. The molecule has 0 spiro atoms. The van der Waals surface area contributed by atoms with E-state index in [9.17, 15) is 9.18 Å². The number of fused-ring (bicyclic) bond motifs is 1. The van der Waals surface area contributed by atoms with Crippen LogP contribution in [0.15, 0.2) is 29.1 Å². The van der Waals surface area contributed by atoms with Crippen LogP contribution in [0.1, 0.15) is 23.0 Å². The van der Waals surface area contributed by atoms with Gasteiger partial charge in [-0.15, -0.1) is 0 Å². The molecule has 1 aliphatic heterocycles. The van der Waals surface area contributed by atoms with Gasteiger partial charge in [-0.05, 0) is 13.0 Å². The summed E-state index contributed by atoms with van der Waals surface area (Å²) in [6.07, 6.45) is 0. The van der Waals surface area contributed by atoms with Crippen molar-refractivity contribution >= 4 is 0 Å². The molecule has 3 rings (SSSR count). The molecule has 18 heavy (non-hydrogen) atoms. The number of aromatic nitrogens is 2. The Labute approximate surface area is 102 Å². The zero-order valence-electron chi connectivity index (χ0n) is 9.74. The maximum Gasteiger partial charge on any atom is 0.287 e. The number of aryl methyl sites for hydroxylation is 1. The highest BCUT2D eigenvalue weighted by Crippen LogP contribution is 2.36. The van der Waals surface area contributed by atoms with Gasteiger partial charge in [-0.25, -0.2) is 4.98 Å². The molecule has 0 radical (unpaired) electrons. The fourth-order valence-corrected chi connectivity index (χ4v) is 2.15. The van der Waals surface area contributed by atoms with Crippen molar-refractivity contribution in [3.8, 4) is 5.75 Å². The molecule has 0 fully saturated rings. The average Bonchev–Trinajstić information content (AvgIpc) is 2.79. The topological polar surface area (TPSA) is 55.0 Å². The molecule has 0 amide bonds. The summed E-state index contributed by atoms with van der Waals surface area (Å²) in [6.45, 7) is 1.89. The molecule has 2 heterocycles. The first-order chi connectivity index (χ1) is 8.66. The van der Waals surface area contributed by atoms with Gasteiger partial charge in [0.05, 0.1) is 11.6 Å². The second-order valence-electron chi connectivity index (χ2n) is 4.25. The molecule has 2 aromatic rings. The van der Waals surface area contributed by atoms with Gasteiger partial charge in [-0.1, -0.05) is 18.2 Å². The smallest absolute Gasteiger partial charge is 0.287 e. The summed E-state index contributed by atoms with van der Waals surface area (Å²) < 4.78 is 18.8. The fraction of sp³-hybridized carbons (Fsp3) is 0.231. The van der Waals surface area contributed by atoms with Crippen LogP contribution >= 0.6 is 0 Å². The highest BCUT2D eigenvalue weighted by atomic mass is 19.1. The fourth-order valence-electron chi connectivity index (χ4n) is 2.15. The Morgan fingerprint density at radius 2 is 2.22 bits per heavy atom. The third-order valence-electron chi connectivity index (χ3n) is 3.08. The van der Waals surface area contributed by atoms with Crippen molar-refractivity contribution in [3.63, 3.8) is 0 Å². The maximum atomic E-state index is 13.3. The summed E-state index contributed by atoms with van der Waals surface area (Å²) >= 11 is 0. The Morgan fingerprint density at radius 3 is 3.00 bits per heavy atom. The highest BCUT2D eigenvalue weighted by Gasteiger charge is 2.27.